The molecule has 4 aliphatic rings. The van der Waals surface area contributed by atoms with Crippen molar-refractivity contribution in [3.05, 3.63) is 83.9 Å². The van der Waals surface area contributed by atoms with Crippen LogP contribution < -0.4 is 25.3 Å². The van der Waals surface area contributed by atoms with E-state index in [1.807, 2.05) is 31.2 Å². The summed E-state index contributed by atoms with van der Waals surface area (Å²) in [5.74, 6) is -3.48. The Labute approximate surface area is 242 Å². The molecule has 212 valence electrons. The van der Waals surface area contributed by atoms with E-state index in [0.29, 0.717) is 29.2 Å². The zero-order valence-electron chi connectivity index (χ0n) is 23.2. The second-order valence-electron chi connectivity index (χ2n) is 11.3. The molecule has 0 radical (unpaired) electrons. The van der Waals surface area contributed by atoms with Crippen molar-refractivity contribution in [2.75, 3.05) is 33.1 Å². The number of imide groups is 1. The van der Waals surface area contributed by atoms with Crippen LogP contribution in [0.4, 0.5) is 22.7 Å². The minimum Gasteiger partial charge on any atom is -0.326 e. The summed E-state index contributed by atoms with van der Waals surface area (Å²) in [7, 11) is 0. The van der Waals surface area contributed by atoms with Gasteiger partial charge in [0.05, 0.1) is 17.5 Å². The number of anilines is 4. The first-order valence-electron chi connectivity index (χ1n) is 14.1. The third kappa shape index (κ3) is 3.58. The van der Waals surface area contributed by atoms with E-state index in [2.05, 4.69) is 10.6 Å². The molecule has 10 nitrogen and oxygen atoms in total. The number of amides is 5. The Hall–Kier alpha value is -4.83. The largest absolute Gasteiger partial charge is 0.326 e. The fraction of sp³-hybridized carbons (Fsp3) is 0.281. The van der Waals surface area contributed by atoms with Gasteiger partial charge in [0.1, 0.15) is 12.1 Å². The zero-order chi connectivity index (χ0) is 29.3. The molecule has 2 N–H and O–H groups in total. The molecule has 4 heterocycles. The summed E-state index contributed by atoms with van der Waals surface area (Å²) < 4.78 is 0. The molecule has 0 unspecified atom stereocenters. The predicted octanol–water partition coefficient (Wildman–Crippen LogP) is 2.57. The van der Waals surface area contributed by atoms with E-state index in [-0.39, 0.29) is 24.3 Å². The average molecular weight is 564 g/mol. The standard InChI is InChI=1S/C32H29N5O5/c1-18-27-28(30(41)37(29(27)40)22-13-11-21(12-14-22)33-19(2)38)32(34-18)23-8-4-6-10-25(23)36(31(32)42)17-26(39)35-16-15-20-7-3-5-9-24(20)35/h3-14,18,27-28,34H,15-17H2,1-2H3,(H,33,38)/t18-,27+,28-,32-/m0/s1. The van der Waals surface area contributed by atoms with Gasteiger partial charge in [0.15, 0.2) is 0 Å². The molecule has 0 saturated carbocycles. The molecule has 4 atom stereocenters. The molecule has 10 heteroatoms. The highest BCUT2D eigenvalue weighted by Gasteiger charge is 2.71. The van der Waals surface area contributed by atoms with Crippen molar-refractivity contribution < 1.29 is 24.0 Å². The number of carbonyl (C=O) groups excluding carboxylic acids is 5. The Bertz CT molecular complexity index is 1690. The van der Waals surface area contributed by atoms with Gasteiger partial charge < -0.3 is 15.1 Å². The van der Waals surface area contributed by atoms with Crippen LogP contribution >= 0.6 is 0 Å². The molecule has 42 heavy (non-hydrogen) atoms. The summed E-state index contributed by atoms with van der Waals surface area (Å²) in [6, 6.07) is 20.9. The minimum atomic E-state index is -1.48. The number of fused-ring (bicyclic) bond motifs is 5. The lowest BCUT2D eigenvalue weighted by Gasteiger charge is -2.30. The Morgan fingerprint density at radius 3 is 2.36 bits per heavy atom. The molecular weight excluding hydrogens is 534 g/mol. The molecule has 1 spiro atoms. The van der Waals surface area contributed by atoms with E-state index in [4.69, 9.17) is 0 Å². The van der Waals surface area contributed by atoms with E-state index in [9.17, 15) is 24.0 Å². The van der Waals surface area contributed by atoms with Crippen LogP contribution in [-0.2, 0) is 35.9 Å². The third-order valence-corrected chi connectivity index (χ3v) is 8.94. The van der Waals surface area contributed by atoms with Gasteiger partial charge in [-0.15, -0.1) is 0 Å². The topological polar surface area (TPSA) is 119 Å². The first kappa shape index (κ1) is 26.1. The second kappa shape index (κ2) is 9.35. The monoisotopic (exact) mass is 563 g/mol. The van der Waals surface area contributed by atoms with Crippen LogP contribution in [0.3, 0.4) is 0 Å². The lowest BCUT2D eigenvalue weighted by Crippen LogP contribution is -2.56. The minimum absolute atomic E-state index is 0.185. The third-order valence-electron chi connectivity index (χ3n) is 8.94. The SMILES string of the molecule is CC(=O)Nc1ccc(N2C(=O)[C@@H]3[C@H](C)N[C@]4(C(=O)N(CC(=O)N5CCc6ccccc65)c5ccccc54)[C@@H]3C2=O)cc1. The van der Waals surface area contributed by atoms with Crippen LogP contribution in [-0.4, -0.2) is 48.7 Å². The normalized spacial score (nSPS) is 25.7. The van der Waals surface area contributed by atoms with Crippen molar-refractivity contribution in [1.29, 1.82) is 0 Å². The van der Waals surface area contributed by atoms with E-state index in [1.165, 1.54) is 11.8 Å². The van der Waals surface area contributed by atoms with Gasteiger partial charge in [0.25, 0.3) is 5.91 Å². The van der Waals surface area contributed by atoms with Gasteiger partial charge in [-0.05, 0) is 55.3 Å². The van der Waals surface area contributed by atoms with Gasteiger partial charge in [-0.3, -0.25) is 29.3 Å². The van der Waals surface area contributed by atoms with Crippen LogP contribution in [0.2, 0.25) is 0 Å². The zero-order valence-corrected chi connectivity index (χ0v) is 23.2. The summed E-state index contributed by atoms with van der Waals surface area (Å²) in [5, 5.41) is 6.03. The Balaban J connectivity index is 1.24. The molecule has 0 bridgehead atoms. The number of nitrogens with one attached hydrogen (secondary N) is 2. The molecule has 0 aromatic heterocycles. The Morgan fingerprint density at radius 2 is 1.62 bits per heavy atom. The van der Waals surface area contributed by atoms with Gasteiger partial charge in [0, 0.05) is 42.1 Å². The lowest BCUT2D eigenvalue weighted by atomic mass is 9.76. The summed E-state index contributed by atoms with van der Waals surface area (Å²) in [6.45, 7) is 3.56. The molecule has 3 aromatic rings. The van der Waals surface area contributed by atoms with Gasteiger partial charge in [-0.1, -0.05) is 36.4 Å². The Morgan fingerprint density at radius 1 is 0.929 bits per heavy atom. The number of nitrogens with zero attached hydrogens (tertiary/aromatic N) is 3. The maximum Gasteiger partial charge on any atom is 0.253 e. The van der Waals surface area contributed by atoms with E-state index in [1.54, 1.807) is 53.4 Å². The molecule has 5 amide bonds. The molecule has 4 aliphatic heterocycles. The highest BCUT2D eigenvalue weighted by molar-refractivity contribution is 6.26. The van der Waals surface area contributed by atoms with Gasteiger partial charge in [-0.2, -0.15) is 0 Å². The van der Waals surface area contributed by atoms with E-state index in [0.717, 1.165) is 22.6 Å². The molecular formula is C32H29N5O5. The highest BCUT2D eigenvalue weighted by atomic mass is 16.2. The summed E-state index contributed by atoms with van der Waals surface area (Å²) >= 11 is 0. The van der Waals surface area contributed by atoms with Crippen LogP contribution in [0.5, 0.6) is 0 Å². The van der Waals surface area contributed by atoms with Gasteiger partial charge in [-0.25, -0.2) is 4.90 Å². The van der Waals surface area contributed by atoms with Crippen LogP contribution in [0.15, 0.2) is 72.8 Å². The number of rotatable bonds is 4. The van der Waals surface area contributed by atoms with Gasteiger partial charge in [0.2, 0.25) is 23.6 Å². The summed E-state index contributed by atoms with van der Waals surface area (Å²) in [5.41, 5.74) is 2.51. The predicted molar refractivity (Wildman–Crippen MR) is 156 cm³/mol. The smallest absolute Gasteiger partial charge is 0.253 e. The molecule has 0 aliphatic carbocycles. The number of hydrogen-bond acceptors (Lipinski definition) is 6. The first-order valence-corrected chi connectivity index (χ1v) is 14.1. The number of benzene rings is 3. The average Bonchev–Trinajstić information content (AvgIpc) is 3.68. The van der Waals surface area contributed by atoms with Crippen molar-refractivity contribution >= 4 is 52.3 Å². The van der Waals surface area contributed by atoms with Crippen molar-refractivity contribution in [2.24, 2.45) is 11.8 Å². The van der Waals surface area contributed by atoms with Crippen molar-refractivity contribution in [1.82, 2.24) is 5.32 Å². The maximum atomic E-state index is 14.5. The summed E-state index contributed by atoms with van der Waals surface area (Å²) in [6.07, 6.45) is 0.747. The maximum absolute atomic E-state index is 14.5. The van der Waals surface area contributed by atoms with Crippen LogP contribution in [0.25, 0.3) is 0 Å². The van der Waals surface area contributed by atoms with Crippen LogP contribution in [0, 0.1) is 11.8 Å². The second-order valence-corrected chi connectivity index (χ2v) is 11.3. The van der Waals surface area contributed by atoms with Gasteiger partial charge >= 0.3 is 0 Å². The molecule has 2 saturated heterocycles. The summed E-state index contributed by atoms with van der Waals surface area (Å²) in [4.78, 5) is 71.8. The molecule has 2 fully saturated rings. The Kier molecular flexibility index (Phi) is 5.81. The quantitative estimate of drug-likeness (QED) is 0.471. The fourth-order valence-corrected chi connectivity index (χ4v) is 7.24. The molecule has 3 aromatic carbocycles. The van der Waals surface area contributed by atoms with Crippen molar-refractivity contribution in [3.63, 3.8) is 0 Å². The van der Waals surface area contributed by atoms with Crippen LogP contribution in [0.1, 0.15) is 25.0 Å². The van der Waals surface area contributed by atoms with E-state index < -0.39 is 35.2 Å². The fourth-order valence-electron chi connectivity index (χ4n) is 7.24. The number of para-hydroxylation sites is 2. The highest BCUT2D eigenvalue weighted by Crippen LogP contribution is 2.55. The first-order chi connectivity index (χ1) is 20.2. The lowest BCUT2D eigenvalue weighted by molar-refractivity contribution is -0.132. The van der Waals surface area contributed by atoms with E-state index >= 15 is 0 Å². The number of carbonyl (C=O) groups is 5. The van der Waals surface area contributed by atoms with Crippen molar-refractivity contribution in [3.8, 4) is 0 Å². The van der Waals surface area contributed by atoms with Crippen molar-refractivity contribution in [2.45, 2.75) is 31.8 Å². The number of hydrogen-bond donors (Lipinski definition) is 2. The molecule has 7 rings (SSSR count).